The summed E-state index contributed by atoms with van der Waals surface area (Å²) in [7, 11) is 0. The molecule has 88 valence electrons. The van der Waals surface area contributed by atoms with Crippen LogP contribution in [-0.4, -0.2) is 23.0 Å². The molecule has 0 radical (unpaired) electrons. The van der Waals surface area contributed by atoms with Crippen LogP contribution in [0.1, 0.15) is 39.0 Å². The van der Waals surface area contributed by atoms with E-state index in [-0.39, 0.29) is 28.7 Å². The van der Waals surface area contributed by atoms with E-state index in [1.165, 1.54) is 13.3 Å². The van der Waals surface area contributed by atoms with E-state index in [1.54, 1.807) is 0 Å². The highest BCUT2D eigenvalue weighted by Crippen LogP contribution is 2.84. The van der Waals surface area contributed by atoms with Gasteiger partial charge >= 0.3 is 5.97 Å². The summed E-state index contributed by atoms with van der Waals surface area (Å²) < 4.78 is 0. The van der Waals surface area contributed by atoms with Crippen LogP contribution in [0.4, 0.5) is 0 Å². The summed E-state index contributed by atoms with van der Waals surface area (Å²) in [6.07, 6.45) is 5.09. The van der Waals surface area contributed by atoms with Crippen molar-refractivity contribution in [2.45, 2.75) is 45.1 Å². The van der Waals surface area contributed by atoms with Crippen molar-refractivity contribution in [2.24, 2.45) is 16.7 Å². The summed E-state index contributed by atoms with van der Waals surface area (Å²) in [5.41, 5.74) is 0.165. The van der Waals surface area contributed by atoms with Gasteiger partial charge in [-0.15, -0.1) is 0 Å². The summed E-state index contributed by atoms with van der Waals surface area (Å²) in [5, 5.41) is 12.1. The highest BCUT2D eigenvalue weighted by atomic mass is 16.4. The monoisotopic (exact) mass is 223 g/mol. The molecule has 4 nitrogen and oxygen atoms in total. The molecule has 4 heteroatoms. The molecular weight excluding hydrogens is 206 g/mol. The first-order valence-corrected chi connectivity index (χ1v) is 6.02. The van der Waals surface area contributed by atoms with Crippen LogP contribution in [0.3, 0.4) is 0 Å². The number of carbonyl (C=O) groups is 2. The third-order valence-electron chi connectivity index (χ3n) is 5.13. The average Bonchev–Trinajstić information content (AvgIpc) is 2.66. The van der Waals surface area contributed by atoms with Gasteiger partial charge in [-0.3, -0.25) is 9.59 Å². The highest BCUT2D eigenvalue weighted by molar-refractivity contribution is 5.79. The third-order valence-corrected chi connectivity index (χ3v) is 5.13. The molecule has 0 heterocycles. The number of aliphatic carboxylic acids is 1. The van der Waals surface area contributed by atoms with Gasteiger partial charge in [0.1, 0.15) is 0 Å². The Morgan fingerprint density at radius 1 is 1.25 bits per heavy atom. The van der Waals surface area contributed by atoms with Crippen molar-refractivity contribution in [2.75, 3.05) is 0 Å². The van der Waals surface area contributed by atoms with Crippen LogP contribution in [-0.2, 0) is 9.59 Å². The Morgan fingerprint density at radius 2 is 1.88 bits per heavy atom. The van der Waals surface area contributed by atoms with Gasteiger partial charge in [0.25, 0.3) is 0 Å². The minimum absolute atomic E-state index is 0.00460. The number of hydrogen-bond donors (Lipinski definition) is 2. The fourth-order valence-electron chi connectivity index (χ4n) is 4.41. The molecule has 0 bridgehead atoms. The largest absolute Gasteiger partial charge is 0.481 e. The van der Waals surface area contributed by atoms with E-state index in [0.717, 1.165) is 25.7 Å². The first-order valence-electron chi connectivity index (χ1n) is 6.02. The van der Waals surface area contributed by atoms with Crippen molar-refractivity contribution < 1.29 is 14.7 Å². The Labute approximate surface area is 94.4 Å². The smallest absolute Gasteiger partial charge is 0.307 e. The summed E-state index contributed by atoms with van der Waals surface area (Å²) in [6, 6.07) is 0.222. The predicted molar refractivity (Wildman–Crippen MR) is 56.7 cm³/mol. The van der Waals surface area contributed by atoms with E-state index in [4.69, 9.17) is 0 Å². The molecule has 3 aliphatic carbocycles. The van der Waals surface area contributed by atoms with E-state index in [1.807, 2.05) is 0 Å². The molecule has 3 saturated carbocycles. The van der Waals surface area contributed by atoms with Gasteiger partial charge in [0.05, 0.1) is 5.92 Å². The molecule has 0 aliphatic heterocycles. The quantitative estimate of drug-likeness (QED) is 0.738. The molecule has 3 rings (SSSR count). The van der Waals surface area contributed by atoms with Crippen LogP contribution in [0.5, 0.6) is 0 Å². The number of hydrogen-bond acceptors (Lipinski definition) is 2. The van der Waals surface area contributed by atoms with Crippen molar-refractivity contribution in [3.05, 3.63) is 0 Å². The standard InChI is InChI=1S/C12H17NO3/c1-7(14)13-8-5-12(6-8)9(10(15)16)11(12)3-2-4-11/h8-9H,2-6H2,1H3,(H,13,14)(H,15,16). The van der Waals surface area contributed by atoms with E-state index < -0.39 is 5.97 Å². The lowest BCUT2D eigenvalue weighted by atomic mass is 9.65. The number of carboxylic acid groups (broad SMARTS) is 1. The van der Waals surface area contributed by atoms with Crippen LogP contribution < -0.4 is 5.32 Å². The summed E-state index contributed by atoms with van der Waals surface area (Å²) in [5.74, 6) is -0.755. The van der Waals surface area contributed by atoms with Gasteiger partial charge in [-0.25, -0.2) is 0 Å². The first kappa shape index (κ1) is 10.1. The van der Waals surface area contributed by atoms with Crippen molar-refractivity contribution in [3.8, 4) is 0 Å². The molecule has 1 atom stereocenters. The molecule has 16 heavy (non-hydrogen) atoms. The SMILES string of the molecule is CC(=O)NC1CC2(C1)C(C(=O)O)C21CCC1. The maximum absolute atomic E-state index is 11.2. The molecular formula is C12H17NO3. The zero-order valence-corrected chi connectivity index (χ0v) is 9.45. The second-order valence-corrected chi connectivity index (χ2v) is 5.74. The van der Waals surface area contributed by atoms with Gasteiger partial charge < -0.3 is 10.4 Å². The Morgan fingerprint density at radius 3 is 2.19 bits per heavy atom. The van der Waals surface area contributed by atoms with Gasteiger partial charge in [0, 0.05) is 13.0 Å². The van der Waals surface area contributed by atoms with Crippen molar-refractivity contribution >= 4 is 11.9 Å². The van der Waals surface area contributed by atoms with Gasteiger partial charge in [0.15, 0.2) is 0 Å². The zero-order valence-electron chi connectivity index (χ0n) is 9.45. The van der Waals surface area contributed by atoms with E-state index in [2.05, 4.69) is 5.32 Å². The lowest BCUT2D eigenvalue weighted by Crippen LogP contribution is -2.47. The summed E-state index contributed by atoms with van der Waals surface area (Å²) in [4.78, 5) is 22.1. The molecule has 1 unspecified atom stereocenters. The molecule has 2 spiro atoms. The fraction of sp³-hybridized carbons (Fsp3) is 0.833. The Bertz CT molecular complexity index is 366. The molecule has 2 N–H and O–H groups in total. The van der Waals surface area contributed by atoms with Crippen molar-refractivity contribution in [1.29, 1.82) is 0 Å². The number of rotatable bonds is 2. The summed E-state index contributed by atoms with van der Waals surface area (Å²) in [6.45, 7) is 1.52. The fourth-order valence-corrected chi connectivity index (χ4v) is 4.41. The van der Waals surface area contributed by atoms with Crippen LogP contribution >= 0.6 is 0 Å². The molecule has 0 saturated heterocycles. The second kappa shape index (κ2) is 2.79. The zero-order chi connectivity index (χ0) is 11.6. The van der Waals surface area contributed by atoms with E-state index in [9.17, 15) is 14.7 Å². The second-order valence-electron chi connectivity index (χ2n) is 5.74. The topological polar surface area (TPSA) is 66.4 Å². The van der Waals surface area contributed by atoms with Gasteiger partial charge in [0.2, 0.25) is 5.91 Å². The molecule has 3 fully saturated rings. The summed E-state index contributed by atoms with van der Waals surface area (Å²) >= 11 is 0. The Balaban J connectivity index is 1.69. The molecule has 0 aromatic rings. The number of carboxylic acids is 1. The van der Waals surface area contributed by atoms with Crippen molar-refractivity contribution in [1.82, 2.24) is 5.32 Å². The highest BCUT2D eigenvalue weighted by Gasteiger charge is 2.83. The third kappa shape index (κ3) is 0.955. The van der Waals surface area contributed by atoms with Crippen LogP contribution in [0.25, 0.3) is 0 Å². The maximum atomic E-state index is 11.2. The number of fused-ring (bicyclic) bond motifs is 1. The van der Waals surface area contributed by atoms with Crippen LogP contribution in [0.2, 0.25) is 0 Å². The Hall–Kier alpha value is -1.06. The number of amides is 1. The van der Waals surface area contributed by atoms with Gasteiger partial charge in [-0.1, -0.05) is 6.42 Å². The van der Waals surface area contributed by atoms with Gasteiger partial charge in [-0.2, -0.15) is 0 Å². The van der Waals surface area contributed by atoms with Crippen LogP contribution in [0, 0.1) is 16.7 Å². The number of nitrogens with one attached hydrogen (secondary N) is 1. The molecule has 0 aromatic heterocycles. The molecule has 3 aliphatic rings. The van der Waals surface area contributed by atoms with E-state index in [0.29, 0.717) is 0 Å². The van der Waals surface area contributed by atoms with Crippen LogP contribution in [0.15, 0.2) is 0 Å². The number of carbonyl (C=O) groups excluding carboxylic acids is 1. The maximum Gasteiger partial charge on any atom is 0.307 e. The van der Waals surface area contributed by atoms with E-state index >= 15 is 0 Å². The van der Waals surface area contributed by atoms with Gasteiger partial charge in [-0.05, 0) is 36.5 Å². The predicted octanol–water partition coefficient (Wildman–Crippen LogP) is 1.16. The lowest BCUT2D eigenvalue weighted by Gasteiger charge is -2.43. The van der Waals surface area contributed by atoms with Crippen molar-refractivity contribution in [3.63, 3.8) is 0 Å². The minimum atomic E-state index is -0.624. The first-order chi connectivity index (χ1) is 7.52. The molecule has 0 aromatic carbocycles. The lowest BCUT2D eigenvalue weighted by molar-refractivity contribution is -0.140. The Kier molecular flexibility index (Phi) is 1.76. The molecule has 1 amide bonds. The minimum Gasteiger partial charge on any atom is -0.481 e. The normalized spacial score (nSPS) is 42.3. The average molecular weight is 223 g/mol.